The van der Waals surface area contributed by atoms with Crippen LogP contribution in [0.5, 0.6) is 0 Å². The van der Waals surface area contributed by atoms with Crippen molar-refractivity contribution in [3.05, 3.63) is 71.0 Å². The monoisotopic (exact) mass is 226 g/mol. The molecule has 2 rings (SSSR count). The molecule has 0 aliphatic carbocycles. The quantitative estimate of drug-likeness (QED) is 0.574. The fourth-order valence-electron chi connectivity index (χ4n) is 1.50. The number of hydrogen-bond donors (Lipinski definition) is 0. The molecule has 0 aliphatic rings. The lowest BCUT2D eigenvalue weighted by Gasteiger charge is -1.96. The Balaban J connectivity index is 2.19. The third-order valence-corrected chi connectivity index (χ3v) is 2.39. The second-order valence-electron chi connectivity index (χ2n) is 3.67. The number of hydrogen-bond acceptors (Lipinski definition) is 1. The average Bonchev–Trinajstić information content (AvgIpc) is 2.38. The minimum Gasteiger partial charge on any atom is -0.298 e. The van der Waals surface area contributed by atoms with Gasteiger partial charge >= 0.3 is 0 Å². The number of carbonyl (C=O) groups is 1. The first kappa shape index (κ1) is 11.3. The zero-order valence-electron chi connectivity index (χ0n) is 9.14. The molecule has 0 aliphatic heterocycles. The van der Waals surface area contributed by atoms with Gasteiger partial charge in [-0.1, -0.05) is 42.5 Å². The normalized spacial score (nSPS) is 10.6. The van der Waals surface area contributed by atoms with E-state index in [0.717, 1.165) is 17.4 Å². The Kier molecular flexibility index (Phi) is 3.46. The summed E-state index contributed by atoms with van der Waals surface area (Å²) in [6, 6.07) is 13.5. The third-order valence-electron chi connectivity index (χ3n) is 2.39. The smallest absolute Gasteiger partial charge is 0.150 e. The van der Waals surface area contributed by atoms with Gasteiger partial charge in [-0.3, -0.25) is 4.79 Å². The van der Waals surface area contributed by atoms with Gasteiger partial charge in [-0.25, -0.2) is 4.39 Å². The summed E-state index contributed by atoms with van der Waals surface area (Å²) in [5.74, 6) is -0.245. The van der Waals surface area contributed by atoms with Gasteiger partial charge in [0.05, 0.1) is 0 Å². The maximum absolute atomic E-state index is 12.7. The number of carbonyl (C=O) groups excluding carboxylic acids is 1. The molecule has 0 spiro atoms. The summed E-state index contributed by atoms with van der Waals surface area (Å²) in [6.07, 6.45) is 4.58. The first-order chi connectivity index (χ1) is 8.28. The Morgan fingerprint density at radius 1 is 0.824 bits per heavy atom. The SMILES string of the molecule is O=Cc1cccc(/C=C/c2ccc(F)cc2)c1. The fraction of sp³-hybridized carbons (Fsp3) is 0. The van der Waals surface area contributed by atoms with Crippen LogP contribution >= 0.6 is 0 Å². The molecule has 0 saturated carbocycles. The number of rotatable bonds is 3. The van der Waals surface area contributed by atoms with E-state index in [4.69, 9.17) is 0 Å². The maximum atomic E-state index is 12.7. The van der Waals surface area contributed by atoms with Gasteiger partial charge in [-0.2, -0.15) is 0 Å². The Morgan fingerprint density at radius 3 is 2.18 bits per heavy atom. The third kappa shape index (κ3) is 3.11. The zero-order valence-corrected chi connectivity index (χ0v) is 9.14. The van der Waals surface area contributed by atoms with Crippen molar-refractivity contribution in [3.8, 4) is 0 Å². The predicted molar refractivity (Wildman–Crippen MR) is 67.2 cm³/mol. The van der Waals surface area contributed by atoms with E-state index in [1.54, 1.807) is 24.3 Å². The van der Waals surface area contributed by atoms with Gasteiger partial charge in [0.2, 0.25) is 0 Å². The van der Waals surface area contributed by atoms with Crippen molar-refractivity contribution in [1.29, 1.82) is 0 Å². The average molecular weight is 226 g/mol. The number of benzene rings is 2. The molecule has 0 aromatic heterocycles. The van der Waals surface area contributed by atoms with Crippen LogP contribution in [0.15, 0.2) is 48.5 Å². The highest BCUT2D eigenvalue weighted by Crippen LogP contribution is 2.10. The minimum atomic E-state index is -0.245. The van der Waals surface area contributed by atoms with Crippen LogP contribution in [0.25, 0.3) is 12.2 Å². The lowest BCUT2D eigenvalue weighted by Crippen LogP contribution is -1.80. The molecule has 0 radical (unpaired) electrons. The van der Waals surface area contributed by atoms with Crippen LogP contribution in [0.1, 0.15) is 21.5 Å². The number of halogens is 1. The van der Waals surface area contributed by atoms with Gasteiger partial charge in [0.1, 0.15) is 12.1 Å². The van der Waals surface area contributed by atoms with Gasteiger partial charge < -0.3 is 0 Å². The summed E-state index contributed by atoms with van der Waals surface area (Å²) in [4.78, 5) is 10.6. The zero-order chi connectivity index (χ0) is 12.1. The molecular formula is C15H11FO. The summed E-state index contributed by atoms with van der Waals surface area (Å²) < 4.78 is 12.7. The molecule has 0 amide bonds. The van der Waals surface area contributed by atoms with Crippen molar-refractivity contribution in [2.75, 3.05) is 0 Å². The largest absolute Gasteiger partial charge is 0.298 e. The Hall–Kier alpha value is -2.22. The van der Waals surface area contributed by atoms with Crippen molar-refractivity contribution in [2.24, 2.45) is 0 Å². The van der Waals surface area contributed by atoms with Crippen LogP contribution in [0.2, 0.25) is 0 Å². The van der Waals surface area contributed by atoms with E-state index >= 15 is 0 Å². The van der Waals surface area contributed by atoms with Gasteiger partial charge in [-0.05, 0) is 29.3 Å². The van der Waals surface area contributed by atoms with Crippen LogP contribution in [0, 0.1) is 5.82 Å². The lowest BCUT2D eigenvalue weighted by molar-refractivity contribution is 0.112. The van der Waals surface area contributed by atoms with Crippen LogP contribution in [-0.2, 0) is 0 Å². The summed E-state index contributed by atoms with van der Waals surface area (Å²) in [5, 5.41) is 0. The molecule has 17 heavy (non-hydrogen) atoms. The van der Waals surface area contributed by atoms with Gasteiger partial charge in [0.15, 0.2) is 0 Å². The Bertz CT molecular complexity index is 541. The van der Waals surface area contributed by atoms with Crippen molar-refractivity contribution in [3.63, 3.8) is 0 Å². The predicted octanol–water partition coefficient (Wildman–Crippen LogP) is 3.81. The van der Waals surface area contributed by atoms with E-state index in [2.05, 4.69) is 0 Å². The molecule has 0 heterocycles. The fourth-order valence-corrected chi connectivity index (χ4v) is 1.50. The summed E-state index contributed by atoms with van der Waals surface area (Å²) in [6.45, 7) is 0. The lowest BCUT2D eigenvalue weighted by atomic mass is 10.1. The van der Waals surface area contributed by atoms with Crippen LogP contribution in [0.3, 0.4) is 0 Å². The van der Waals surface area contributed by atoms with Crippen LogP contribution in [-0.4, -0.2) is 6.29 Å². The highest BCUT2D eigenvalue weighted by atomic mass is 19.1. The van der Waals surface area contributed by atoms with Gasteiger partial charge in [0.25, 0.3) is 0 Å². The second-order valence-corrected chi connectivity index (χ2v) is 3.67. The van der Waals surface area contributed by atoms with Crippen molar-refractivity contribution >= 4 is 18.4 Å². The second kappa shape index (κ2) is 5.21. The van der Waals surface area contributed by atoms with Crippen LogP contribution < -0.4 is 0 Å². The summed E-state index contributed by atoms with van der Waals surface area (Å²) in [5.41, 5.74) is 2.51. The summed E-state index contributed by atoms with van der Waals surface area (Å²) >= 11 is 0. The topological polar surface area (TPSA) is 17.1 Å². The van der Waals surface area contributed by atoms with Crippen LogP contribution in [0.4, 0.5) is 4.39 Å². The van der Waals surface area contributed by atoms with Crippen molar-refractivity contribution in [2.45, 2.75) is 0 Å². The molecular weight excluding hydrogens is 215 g/mol. The van der Waals surface area contributed by atoms with Crippen molar-refractivity contribution in [1.82, 2.24) is 0 Å². The maximum Gasteiger partial charge on any atom is 0.150 e. The highest BCUT2D eigenvalue weighted by Gasteiger charge is 1.92. The first-order valence-electron chi connectivity index (χ1n) is 5.27. The van der Waals surface area contributed by atoms with Gasteiger partial charge in [0, 0.05) is 5.56 Å². The first-order valence-corrected chi connectivity index (χ1v) is 5.27. The molecule has 0 atom stereocenters. The summed E-state index contributed by atoms with van der Waals surface area (Å²) in [7, 11) is 0. The highest BCUT2D eigenvalue weighted by molar-refractivity contribution is 5.78. The molecule has 0 unspecified atom stereocenters. The van der Waals surface area contributed by atoms with Crippen molar-refractivity contribution < 1.29 is 9.18 Å². The molecule has 2 aromatic carbocycles. The Labute approximate surface area is 99.2 Å². The molecule has 0 N–H and O–H groups in total. The molecule has 0 bridgehead atoms. The van der Waals surface area contributed by atoms with E-state index < -0.39 is 0 Å². The van der Waals surface area contributed by atoms with E-state index in [1.807, 2.05) is 24.3 Å². The molecule has 0 fully saturated rings. The van der Waals surface area contributed by atoms with E-state index in [9.17, 15) is 9.18 Å². The molecule has 84 valence electrons. The number of aldehydes is 1. The minimum absolute atomic E-state index is 0.245. The molecule has 2 aromatic rings. The van der Waals surface area contributed by atoms with Gasteiger partial charge in [-0.15, -0.1) is 0 Å². The van der Waals surface area contributed by atoms with E-state index in [-0.39, 0.29) is 5.82 Å². The standard InChI is InChI=1S/C15H11FO/c16-15-8-6-12(7-9-15)4-5-13-2-1-3-14(10-13)11-17/h1-11H/b5-4+. The Morgan fingerprint density at radius 2 is 1.47 bits per heavy atom. The molecule has 2 heteroatoms. The molecule has 0 saturated heterocycles. The van der Waals surface area contributed by atoms with E-state index in [1.165, 1.54) is 12.1 Å². The molecule has 1 nitrogen and oxygen atoms in total. The van der Waals surface area contributed by atoms with E-state index in [0.29, 0.717) is 5.56 Å².